The van der Waals surface area contributed by atoms with Crippen LogP contribution in [0.2, 0.25) is 0 Å². The van der Waals surface area contributed by atoms with Gasteiger partial charge in [0, 0.05) is 67.8 Å². The van der Waals surface area contributed by atoms with E-state index in [9.17, 15) is 23.5 Å². The van der Waals surface area contributed by atoms with Crippen LogP contribution in [0.15, 0.2) is 53.2 Å². The van der Waals surface area contributed by atoms with Crippen LogP contribution in [-0.4, -0.2) is 56.4 Å². The molecule has 3 aromatic rings. The quantitative estimate of drug-likeness (QED) is 0.356. The summed E-state index contributed by atoms with van der Waals surface area (Å²) in [6, 6.07) is 10.4. The Morgan fingerprint density at radius 1 is 1.10 bits per heavy atom. The number of pyridine rings is 1. The molecule has 0 atom stereocenters. The van der Waals surface area contributed by atoms with E-state index in [0.717, 1.165) is 43.5 Å². The van der Waals surface area contributed by atoms with Crippen LogP contribution in [0.3, 0.4) is 0 Å². The number of nitrogens with zero attached hydrogens (tertiary/aromatic N) is 3. The molecule has 3 heterocycles. The Labute approximate surface area is 226 Å². The number of Topliss-reactive ketones (excluding diaryl/α,β-unsaturated/α-hetero) is 2. The highest BCUT2D eigenvalue weighted by Gasteiger charge is 2.49. The van der Waals surface area contributed by atoms with Crippen LogP contribution >= 0.6 is 0 Å². The predicted molar refractivity (Wildman–Crippen MR) is 140 cm³/mol. The van der Waals surface area contributed by atoms with E-state index in [0.29, 0.717) is 32.0 Å². The van der Waals surface area contributed by atoms with Crippen LogP contribution < -0.4 is 0 Å². The summed E-state index contributed by atoms with van der Waals surface area (Å²) >= 11 is 0. The van der Waals surface area contributed by atoms with Crippen LogP contribution in [0.5, 0.6) is 0 Å². The third-order valence-electron chi connectivity index (χ3n) is 8.11. The second-order valence-corrected chi connectivity index (χ2v) is 11.5. The maximum Gasteiger partial charge on any atom is 0.185 e. The van der Waals surface area contributed by atoms with E-state index in [-0.39, 0.29) is 41.4 Å². The first-order chi connectivity index (χ1) is 18.6. The van der Waals surface area contributed by atoms with Gasteiger partial charge in [0.2, 0.25) is 0 Å². The van der Waals surface area contributed by atoms with Gasteiger partial charge in [-0.05, 0) is 63.3 Å². The molecule has 2 fully saturated rings. The largest absolute Gasteiger partial charge is 0.390 e. The number of carbonyl (C=O) groups is 2. The SMILES string of the molecule is CC1(O)CCC(N2CC(CC(=O)CCc3ccccn3)(CC(=O)c3cc(-c4ccc(F)cc4F)on3)C2)CC1. The van der Waals surface area contributed by atoms with Gasteiger partial charge in [-0.3, -0.25) is 19.5 Å². The lowest BCUT2D eigenvalue weighted by Gasteiger charge is -2.54. The lowest BCUT2D eigenvalue weighted by Crippen LogP contribution is -2.62. The van der Waals surface area contributed by atoms with Gasteiger partial charge >= 0.3 is 0 Å². The van der Waals surface area contributed by atoms with Crippen molar-refractivity contribution in [3.05, 3.63) is 71.7 Å². The van der Waals surface area contributed by atoms with Crippen molar-refractivity contribution in [1.82, 2.24) is 15.0 Å². The van der Waals surface area contributed by atoms with E-state index < -0.39 is 22.7 Å². The number of likely N-dealkylation sites (tertiary alicyclic amines) is 1. The molecule has 1 aliphatic heterocycles. The number of hydrogen-bond donors (Lipinski definition) is 1. The highest BCUT2D eigenvalue weighted by atomic mass is 19.1. The summed E-state index contributed by atoms with van der Waals surface area (Å²) in [5.74, 6) is -1.68. The smallest absolute Gasteiger partial charge is 0.185 e. The van der Waals surface area contributed by atoms with Crippen molar-refractivity contribution in [2.75, 3.05) is 13.1 Å². The highest BCUT2D eigenvalue weighted by molar-refractivity contribution is 5.96. The van der Waals surface area contributed by atoms with Crippen LogP contribution in [-0.2, 0) is 11.2 Å². The first-order valence-electron chi connectivity index (χ1n) is 13.4. The Morgan fingerprint density at radius 3 is 2.56 bits per heavy atom. The molecule has 1 N–H and O–H groups in total. The minimum Gasteiger partial charge on any atom is -0.390 e. The third-order valence-corrected chi connectivity index (χ3v) is 8.11. The first kappa shape index (κ1) is 27.3. The first-order valence-corrected chi connectivity index (χ1v) is 13.4. The number of hydrogen-bond acceptors (Lipinski definition) is 7. The average Bonchev–Trinajstić information content (AvgIpc) is 3.37. The summed E-state index contributed by atoms with van der Waals surface area (Å²) in [5.41, 5.74) is -0.238. The normalized spacial score (nSPS) is 22.8. The molecule has 2 aliphatic rings. The summed E-state index contributed by atoms with van der Waals surface area (Å²) in [5, 5.41) is 14.2. The second kappa shape index (κ2) is 11.1. The van der Waals surface area contributed by atoms with Gasteiger partial charge in [-0.2, -0.15) is 0 Å². The maximum absolute atomic E-state index is 14.2. The van der Waals surface area contributed by atoms with Crippen molar-refractivity contribution in [3.8, 4) is 11.3 Å². The Hall–Kier alpha value is -3.30. The fourth-order valence-corrected chi connectivity index (χ4v) is 5.92. The van der Waals surface area contributed by atoms with E-state index in [1.165, 1.54) is 12.1 Å². The summed E-state index contributed by atoms with van der Waals surface area (Å²) in [4.78, 5) is 33.0. The fraction of sp³-hybridized carbons (Fsp3) is 0.467. The third kappa shape index (κ3) is 6.47. The standard InChI is InChI=1S/C30H33F2N3O4/c1-29(38)11-9-22(10-12-29)35-18-30(19-35,16-23(36)7-6-21-4-2-3-13-33-21)17-27(37)26-15-28(39-34-26)24-8-5-20(31)14-25(24)32/h2-5,8,13-15,22,38H,6-7,9-12,16-19H2,1H3. The van der Waals surface area contributed by atoms with Crippen molar-refractivity contribution in [2.45, 2.75) is 69.9 Å². The fourth-order valence-electron chi connectivity index (χ4n) is 5.92. The van der Waals surface area contributed by atoms with Gasteiger partial charge in [-0.1, -0.05) is 11.2 Å². The maximum atomic E-state index is 14.2. The topological polar surface area (TPSA) is 96.5 Å². The molecule has 0 radical (unpaired) electrons. The lowest BCUT2D eigenvalue weighted by molar-refractivity contribution is -0.127. The molecule has 206 valence electrons. The Bertz CT molecular complexity index is 1320. The molecule has 0 unspecified atom stereocenters. The van der Waals surface area contributed by atoms with Crippen LogP contribution in [0.1, 0.15) is 68.1 Å². The minimum atomic E-state index is -0.804. The van der Waals surface area contributed by atoms with E-state index in [1.54, 1.807) is 6.20 Å². The number of aryl methyl sites for hydroxylation is 1. The van der Waals surface area contributed by atoms with Gasteiger partial charge in [0.25, 0.3) is 0 Å². The molecule has 1 aliphatic carbocycles. The van der Waals surface area contributed by atoms with Gasteiger partial charge in [0.05, 0.1) is 11.2 Å². The average molecular weight is 538 g/mol. The number of ketones is 2. The number of rotatable bonds is 10. The summed E-state index contributed by atoms with van der Waals surface area (Å²) in [7, 11) is 0. The molecule has 39 heavy (non-hydrogen) atoms. The van der Waals surface area contributed by atoms with Crippen molar-refractivity contribution in [3.63, 3.8) is 0 Å². The molecule has 9 heteroatoms. The highest BCUT2D eigenvalue weighted by Crippen LogP contribution is 2.43. The molecule has 0 amide bonds. The number of aromatic nitrogens is 2. The van der Waals surface area contributed by atoms with E-state index in [4.69, 9.17) is 4.52 Å². The second-order valence-electron chi connectivity index (χ2n) is 11.5. The van der Waals surface area contributed by atoms with Gasteiger partial charge in [0.15, 0.2) is 11.5 Å². The van der Waals surface area contributed by atoms with Crippen molar-refractivity contribution in [1.29, 1.82) is 0 Å². The number of halogens is 2. The molecular weight excluding hydrogens is 504 g/mol. The van der Waals surface area contributed by atoms with Gasteiger partial charge in [0.1, 0.15) is 23.1 Å². The number of aliphatic hydroxyl groups is 1. The number of benzene rings is 1. The van der Waals surface area contributed by atoms with Gasteiger partial charge in [-0.15, -0.1) is 0 Å². The van der Waals surface area contributed by atoms with Crippen molar-refractivity contribution < 1.29 is 28.0 Å². The molecule has 5 rings (SSSR count). The predicted octanol–water partition coefficient (Wildman–Crippen LogP) is 5.18. The van der Waals surface area contributed by atoms with Gasteiger partial charge < -0.3 is 9.63 Å². The molecule has 1 aromatic carbocycles. The molecule has 2 aromatic heterocycles. The molecule has 0 bridgehead atoms. The minimum absolute atomic E-state index is 0.0189. The zero-order valence-corrected chi connectivity index (χ0v) is 22.0. The molecular formula is C30H33F2N3O4. The van der Waals surface area contributed by atoms with Crippen LogP contribution in [0.25, 0.3) is 11.3 Å². The lowest BCUT2D eigenvalue weighted by atomic mass is 9.69. The summed E-state index contributed by atoms with van der Waals surface area (Å²) in [6.07, 6.45) is 6.18. The van der Waals surface area contributed by atoms with Crippen molar-refractivity contribution in [2.24, 2.45) is 5.41 Å². The number of carbonyl (C=O) groups excluding carboxylic acids is 2. The van der Waals surface area contributed by atoms with E-state index in [2.05, 4.69) is 15.0 Å². The Kier molecular flexibility index (Phi) is 7.73. The monoisotopic (exact) mass is 537 g/mol. The zero-order chi connectivity index (χ0) is 27.6. The Morgan fingerprint density at radius 2 is 1.87 bits per heavy atom. The van der Waals surface area contributed by atoms with Crippen LogP contribution in [0, 0.1) is 17.0 Å². The van der Waals surface area contributed by atoms with E-state index >= 15 is 0 Å². The zero-order valence-electron chi connectivity index (χ0n) is 22.0. The summed E-state index contributed by atoms with van der Waals surface area (Å²) < 4.78 is 32.7. The molecule has 1 saturated heterocycles. The van der Waals surface area contributed by atoms with Crippen molar-refractivity contribution >= 4 is 11.6 Å². The molecule has 7 nitrogen and oxygen atoms in total. The molecule has 1 saturated carbocycles. The summed E-state index contributed by atoms with van der Waals surface area (Å²) in [6.45, 7) is 3.09. The molecule has 0 spiro atoms. The Balaban J connectivity index is 1.27. The van der Waals surface area contributed by atoms with E-state index in [1.807, 2.05) is 25.1 Å². The van der Waals surface area contributed by atoms with Gasteiger partial charge in [-0.25, -0.2) is 8.78 Å². The van der Waals surface area contributed by atoms with Crippen LogP contribution in [0.4, 0.5) is 8.78 Å².